The molecule has 0 unspecified atom stereocenters. The van der Waals surface area contributed by atoms with Gasteiger partial charge < -0.3 is 25.0 Å². The molecule has 1 aromatic heterocycles. The van der Waals surface area contributed by atoms with Crippen LogP contribution in [0.15, 0.2) is 24.3 Å². The fraction of sp³-hybridized carbons (Fsp3) is 0.407. The van der Waals surface area contributed by atoms with E-state index in [4.69, 9.17) is 4.74 Å². The van der Waals surface area contributed by atoms with Gasteiger partial charge in [-0.25, -0.2) is 13.8 Å². The molecule has 2 amide bonds. The summed E-state index contributed by atoms with van der Waals surface area (Å²) in [5, 5.41) is 12.8. The predicted molar refractivity (Wildman–Crippen MR) is 140 cm³/mol. The van der Waals surface area contributed by atoms with E-state index in [1.54, 1.807) is 17.0 Å². The largest absolute Gasteiger partial charge is 0.496 e. The molecule has 0 atom stereocenters. The first-order valence-corrected chi connectivity index (χ1v) is 13.3. The van der Waals surface area contributed by atoms with Gasteiger partial charge in [-0.2, -0.15) is 0 Å². The number of fused-ring (bicyclic) bond motifs is 2. The zero-order valence-electron chi connectivity index (χ0n) is 21.6. The topological polar surface area (TPSA) is 112 Å². The maximum absolute atomic E-state index is 13.8. The molecule has 12 heteroatoms. The van der Waals surface area contributed by atoms with Crippen LogP contribution in [0.3, 0.4) is 0 Å². The van der Waals surface area contributed by atoms with Crippen LogP contribution in [0, 0.1) is 17.0 Å². The molecule has 9 nitrogen and oxygen atoms in total. The van der Waals surface area contributed by atoms with Crippen molar-refractivity contribution in [2.45, 2.75) is 25.8 Å². The summed E-state index contributed by atoms with van der Waals surface area (Å²) in [4.78, 5) is 46.7. The van der Waals surface area contributed by atoms with Gasteiger partial charge in [-0.15, -0.1) is 11.3 Å². The summed E-state index contributed by atoms with van der Waals surface area (Å²) < 4.78 is 33.8. The van der Waals surface area contributed by atoms with Gasteiger partial charge in [0, 0.05) is 32.2 Å². The molecule has 1 aliphatic carbocycles. The van der Waals surface area contributed by atoms with E-state index in [0.717, 1.165) is 29.9 Å². The van der Waals surface area contributed by atoms with Crippen LogP contribution in [-0.4, -0.2) is 78.0 Å². The maximum atomic E-state index is 13.8. The van der Waals surface area contributed by atoms with Crippen molar-refractivity contribution >= 4 is 39.3 Å². The van der Waals surface area contributed by atoms with Crippen LogP contribution < -0.4 is 10.1 Å². The van der Waals surface area contributed by atoms with Crippen LogP contribution in [0.25, 0.3) is 10.2 Å². The number of methoxy groups -OCH3 is 1. The fourth-order valence-electron chi connectivity index (χ4n) is 5.34. The second-order valence-electron chi connectivity index (χ2n) is 10.1. The van der Waals surface area contributed by atoms with E-state index in [2.05, 4.69) is 15.2 Å². The number of carbonyl (C=O) groups excluding carboxylic acids is 2. The van der Waals surface area contributed by atoms with E-state index in [-0.39, 0.29) is 25.3 Å². The Morgan fingerprint density at radius 1 is 1.08 bits per heavy atom. The Balaban J connectivity index is 1.34. The summed E-state index contributed by atoms with van der Waals surface area (Å²) in [5.41, 5.74) is 0.488. The number of benzene rings is 2. The zero-order chi connectivity index (χ0) is 27.9. The van der Waals surface area contributed by atoms with Crippen molar-refractivity contribution < 1.29 is 33.0 Å². The SMILES string of the molecule is COc1cc2sc(CNC(=O)C3(CC(=O)O)Cc4cc(F)c(F)cc4C3)nc2cc1C(=O)N1CCN(C)CC1. The number of aromatic nitrogens is 1. The van der Waals surface area contributed by atoms with Crippen LogP contribution in [0.5, 0.6) is 5.75 Å². The fourth-order valence-corrected chi connectivity index (χ4v) is 6.26. The van der Waals surface area contributed by atoms with Crippen LogP contribution in [0.4, 0.5) is 8.78 Å². The number of carboxylic acids is 1. The number of rotatable bonds is 7. The van der Waals surface area contributed by atoms with Crippen molar-refractivity contribution in [1.29, 1.82) is 0 Å². The second-order valence-corrected chi connectivity index (χ2v) is 11.3. The second kappa shape index (κ2) is 10.5. The minimum absolute atomic E-state index is 0.00747. The summed E-state index contributed by atoms with van der Waals surface area (Å²) in [6.07, 6.45) is -0.496. The summed E-state index contributed by atoms with van der Waals surface area (Å²) in [6, 6.07) is 5.51. The number of ether oxygens (including phenoxy) is 1. The Bertz CT molecular complexity index is 1440. The highest BCUT2D eigenvalue weighted by atomic mass is 32.1. The molecular weight excluding hydrogens is 530 g/mol. The molecule has 5 rings (SSSR count). The predicted octanol–water partition coefficient (Wildman–Crippen LogP) is 2.85. The van der Waals surface area contributed by atoms with Gasteiger partial charge in [0.15, 0.2) is 11.6 Å². The van der Waals surface area contributed by atoms with Crippen LogP contribution >= 0.6 is 11.3 Å². The number of likely N-dealkylation sites (N-methyl/N-ethyl adjacent to an activating group) is 1. The molecule has 2 heterocycles. The van der Waals surface area contributed by atoms with Crippen molar-refractivity contribution in [2.24, 2.45) is 5.41 Å². The quantitative estimate of drug-likeness (QED) is 0.459. The van der Waals surface area contributed by atoms with E-state index < -0.39 is 35.3 Å². The van der Waals surface area contributed by atoms with E-state index in [9.17, 15) is 28.3 Å². The lowest BCUT2D eigenvalue weighted by molar-refractivity contribution is -0.145. The van der Waals surface area contributed by atoms with Gasteiger partial charge in [0.1, 0.15) is 10.8 Å². The molecule has 0 bridgehead atoms. The Morgan fingerprint density at radius 2 is 1.72 bits per heavy atom. The molecule has 2 aliphatic rings. The Labute approximate surface area is 227 Å². The Hall–Kier alpha value is -3.64. The minimum Gasteiger partial charge on any atom is -0.496 e. The molecule has 0 spiro atoms. The van der Waals surface area contributed by atoms with Gasteiger partial charge in [-0.3, -0.25) is 14.4 Å². The molecule has 206 valence electrons. The van der Waals surface area contributed by atoms with E-state index in [0.29, 0.717) is 46.1 Å². The van der Waals surface area contributed by atoms with Crippen molar-refractivity contribution in [3.8, 4) is 5.75 Å². The molecule has 2 N–H and O–H groups in total. The third kappa shape index (κ3) is 5.30. The Kier molecular flexibility index (Phi) is 7.25. The number of halogens is 2. The van der Waals surface area contributed by atoms with E-state index >= 15 is 0 Å². The highest BCUT2D eigenvalue weighted by Gasteiger charge is 2.46. The molecule has 0 radical (unpaired) electrons. The molecule has 2 aromatic carbocycles. The third-order valence-electron chi connectivity index (χ3n) is 7.45. The summed E-state index contributed by atoms with van der Waals surface area (Å²) in [6.45, 7) is 2.84. The van der Waals surface area contributed by atoms with Gasteiger partial charge in [0.05, 0.1) is 41.3 Å². The number of nitrogens with one attached hydrogen (secondary N) is 1. The summed E-state index contributed by atoms with van der Waals surface area (Å²) in [7, 11) is 3.52. The number of piperazine rings is 1. The number of carboxylic acid groups (broad SMARTS) is 1. The average molecular weight is 559 g/mol. The molecule has 0 saturated carbocycles. The first kappa shape index (κ1) is 26.9. The highest BCUT2D eigenvalue weighted by molar-refractivity contribution is 7.18. The number of hydrogen-bond acceptors (Lipinski definition) is 7. The zero-order valence-corrected chi connectivity index (χ0v) is 22.4. The number of carbonyl (C=O) groups is 3. The summed E-state index contributed by atoms with van der Waals surface area (Å²) in [5.74, 6) is -3.46. The molecule has 1 fully saturated rings. The van der Waals surface area contributed by atoms with Crippen molar-refractivity contribution in [2.75, 3.05) is 40.3 Å². The van der Waals surface area contributed by atoms with Crippen molar-refractivity contribution in [1.82, 2.24) is 20.1 Å². The van der Waals surface area contributed by atoms with E-state index in [1.807, 2.05) is 7.05 Å². The third-order valence-corrected chi connectivity index (χ3v) is 8.46. The minimum atomic E-state index is -1.36. The molecule has 1 saturated heterocycles. The number of amides is 2. The van der Waals surface area contributed by atoms with Crippen LogP contribution in [0.1, 0.15) is 32.9 Å². The smallest absolute Gasteiger partial charge is 0.304 e. The number of thiazole rings is 1. The molecular formula is C27H28F2N4O5S. The highest BCUT2D eigenvalue weighted by Crippen LogP contribution is 2.41. The lowest BCUT2D eigenvalue weighted by Crippen LogP contribution is -2.47. The maximum Gasteiger partial charge on any atom is 0.304 e. The van der Waals surface area contributed by atoms with Gasteiger partial charge in [-0.1, -0.05) is 0 Å². The van der Waals surface area contributed by atoms with Crippen molar-refractivity contribution in [3.63, 3.8) is 0 Å². The molecule has 39 heavy (non-hydrogen) atoms. The number of nitrogens with zero attached hydrogens (tertiary/aromatic N) is 3. The first-order valence-electron chi connectivity index (χ1n) is 12.5. The van der Waals surface area contributed by atoms with Gasteiger partial charge in [0.2, 0.25) is 5.91 Å². The lowest BCUT2D eigenvalue weighted by atomic mass is 9.80. The normalized spacial score (nSPS) is 16.8. The Morgan fingerprint density at radius 3 is 2.31 bits per heavy atom. The van der Waals surface area contributed by atoms with Gasteiger partial charge in [0.25, 0.3) is 5.91 Å². The monoisotopic (exact) mass is 558 g/mol. The first-order chi connectivity index (χ1) is 18.6. The van der Waals surface area contributed by atoms with Crippen LogP contribution in [-0.2, 0) is 29.0 Å². The van der Waals surface area contributed by atoms with Gasteiger partial charge in [-0.05, 0) is 49.2 Å². The summed E-state index contributed by atoms with van der Waals surface area (Å²) >= 11 is 1.32. The van der Waals surface area contributed by atoms with E-state index in [1.165, 1.54) is 18.4 Å². The lowest BCUT2D eigenvalue weighted by Gasteiger charge is -2.32. The van der Waals surface area contributed by atoms with Gasteiger partial charge >= 0.3 is 5.97 Å². The number of hydrogen-bond donors (Lipinski definition) is 2. The molecule has 3 aromatic rings. The van der Waals surface area contributed by atoms with Crippen LogP contribution in [0.2, 0.25) is 0 Å². The standard InChI is InChI=1S/C27H28F2N4O5S/c1-32-3-5-33(6-4-32)25(36)17-9-20-22(10-21(17)38-2)39-23(31-20)14-30-26(37)27(13-24(34)35)11-15-7-18(28)19(29)8-16(15)12-27/h7-10H,3-6,11-14H2,1-2H3,(H,30,37)(H,34,35). The number of aliphatic carboxylic acids is 1. The average Bonchev–Trinajstić information content (AvgIpc) is 3.46. The molecule has 1 aliphatic heterocycles. The van der Waals surface area contributed by atoms with Crippen molar-refractivity contribution in [3.05, 3.63) is 57.6 Å².